The fourth-order valence-corrected chi connectivity index (χ4v) is 5.26. The average molecular weight is 483 g/mol. The number of anilines is 1. The van der Waals surface area contributed by atoms with Crippen LogP contribution in [0, 0.1) is 18.8 Å². The molecule has 0 saturated heterocycles. The SMILES string of the molecule is Cc1ccc(Cl)cc1NC(c1c(C(=O)O)nc(Br)n1C(C)C)C1CCC(C)CC1. The lowest BCUT2D eigenvalue weighted by Crippen LogP contribution is -2.29. The maximum atomic E-state index is 12.1. The van der Waals surface area contributed by atoms with Crippen molar-refractivity contribution in [2.45, 2.75) is 65.5 Å². The molecule has 1 fully saturated rings. The maximum Gasteiger partial charge on any atom is 0.356 e. The van der Waals surface area contributed by atoms with E-state index in [1.54, 1.807) is 0 Å². The molecule has 1 unspecified atom stereocenters. The molecule has 158 valence electrons. The van der Waals surface area contributed by atoms with E-state index in [9.17, 15) is 9.90 Å². The molecule has 0 bridgehead atoms. The van der Waals surface area contributed by atoms with Crippen molar-refractivity contribution in [2.24, 2.45) is 11.8 Å². The molecule has 1 atom stereocenters. The Hall–Kier alpha value is -1.53. The topological polar surface area (TPSA) is 67.2 Å². The first-order valence-corrected chi connectivity index (χ1v) is 11.4. The lowest BCUT2D eigenvalue weighted by molar-refractivity contribution is 0.0688. The fourth-order valence-electron chi connectivity index (χ4n) is 4.31. The second-order valence-electron chi connectivity index (χ2n) is 8.48. The molecule has 0 radical (unpaired) electrons. The molecule has 0 aliphatic heterocycles. The van der Waals surface area contributed by atoms with Crippen LogP contribution in [0.5, 0.6) is 0 Å². The van der Waals surface area contributed by atoms with Gasteiger partial charge in [0.2, 0.25) is 0 Å². The molecule has 7 heteroatoms. The van der Waals surface area contributed by atoms with Gasteiger partial charge in [-0.3, -0.25) is 0 Å². The predicted octanol–water partition coefficient (Wildman–Crippen LogP) is 6.87. The number of imidazole rings is 1. The Morgan fingerprint density at radius 2 is 1.97 bits per heavy atom. The predicted molar refractivity (Wildman–Crippen MR) is 121 cm³/mol. The Labute approximate surface area is 186 Å². The van der Waals surface area contributed by atoms with E-state index in [-0.39, 0.29) is 17.8 Å². The molecule has 29 heavy (non-hydrogen) atoms. The van der Waals surface area contributed by atoms with Crippen molar-refractivity contribution in [1.29, 1.82) is 0 Å². The van der Waals surface area contributed by atoms with Gasteiger partial charge in [0.1, 0.15) is 0 Å². The zero-order valence-corrected chi connectivity index (χ0v) is 19.7. The second-order valence-corrected chi connectivity index (χ2v) is 9.63. The van der Waals surface area contributed by atoms with Crippen molar-refractivity contribution in [2.75, 3.05) is 5.32 Å². The van der Waals surface area contributed by atoms with Gasteiger partial charge in [-0.2, -0.15) is 0 Å². The number of nitrogens with one attached hydrogen (secondary N) is 1. The third kappa shape index (κ3) is 4.80. The van der Waals surface area contributed by atoms with Gasteiger partial charge >= 0.3 is 5.97 Å². The summed E-state index contributed by atoms with van der Waals surface area (Å²) in [4.78, 5) is 16.4. The first kappa shape index (κ1) is 22.2. The van der Waals surface area contributed by atoms with Crippen molar-refractivity contribution in [3.8, 4) is 0 Å². The Morgan fingerprint density at radius 3 is 2.55 bits per heavy atom. The average Bonchev–Trinajstić information content (AvgIpc) is 3.01. The van der Waals surface area contributed by atoms with Crippen molar-refractivity contribution < 1.29 is 9.90 Å². The molecule has 1 aromatic heterocycles. The smallest absolute Gasteiger partial charge is 0.356 e. The number of benzene rings is 1. The van der Waals surface area contributed by atoms with Crippen LogP contribution >= 0.6 is 27.5 Å². The van der Waals surface area contributed by atoms with E-state index < -0.39 is 5.97 Å². The lowest BCUT2D eigenvalue weighted by Gasteiger charge is -2.35. The number of hydrogen-bond donors (Lipinski definition) is 2. The van der Waals surface area contributed by atoms with Crippen LogP contribution in [-0.4, -0.2) is 20.6 Å². The summed E-state index contributed by atoms with van der Waals surface area (Å²) in [5, 5.41) is 14.2. The third-order valence-corrected chi connectivity index (χ3v) is 6.76. The summed E-state index contributed by atoms with van der Waals surface area (Å²) in [6.45, 7) is 8.42. The highest BCUT2D eigenvalue weighted by Gasteiger charge is 2.35. The molecule has 1 heterocycles. The number of carbonyl (C=O) groups is 1. The molecule has 2 aromatic rings. The van der Waals surface area contributed by atoms with E-state index in [1.807, 2.05) is 43.5 Å². The molecule has 0 spiro atoms. The zero-order chi connectivity index (χ0) is 21.3. The maximum absolute atomic E-state index is 12.1. The van der Waals surface area contributed by atoms with Crippen LogP contribution in [0.1, 0.15) is 80.3 Å². The third-order valence-electron chi connectivity index (χ3n) is 5.96. The number of carboxylic acids is 1. The minimum Gasteiger partial charge on any atom is -0.476 e. The normalized spacial score (nSPS) is 20.7. The van der Waals surface area contributed by atoms with E-state index in [1.165, 1.54) is 0 Å². The van der Waals surface area contributed by atoms with Crippen molar-refractivity contribution in [3.05, 3.63) is 44.9 Å². The number of halogens is 2. The molecule has 2 N–H and O–H groups in total. The number of rotatable bonds is 6. The van der Waals surface area contributed by atoms with E-state index in [0.29, 0.717) is 21.6 Å². The first-order valence-electron chi connectivity index (χ1n) is 10.2. The van der Waals surface area contributed by atoms with Crippen molar-refractivity contribution in [3.63, 3.8) is 0 Å². The fraction of sp³-hybridized carbons (Fsp3) is 0.545. The Morgan fingerprint density at radius 1 is 1.31 bits per heavy atom. The summed E-state index contributed by atoms with van der Waals surface area (Å²) >= 11 is 9.75. The van der Waals surface area contributed by atoms with E-state index in [0.717, 1.165) is 42.6 Å². The Kier molecular flexibility index (Phi) is 6.94. The van der Waals surface area contributed by atoms with Crippen LogP contribution in [0.3, 0.4) is 0 Å². The molecule has 1 saturated carbocycles. The van der Waals surface area contributed by atoms with Gasteiger partial charge in [-0.05, 0) is 79.1 Å². The number of aromatic nitrogens is 2. The highest BCUT2D eigenvalue weighted by atomic mass is 79.9. The van der Waals surface area contributed by atoms with E-state index in [2.05, 4.69) is 33.2 Å². The minimum atomic E-state index is -1.00. The van der Waals surface area contributed by atoms with Gasteiger partial charge in [-0.1, -0.05) is 37.4 Å². The summed E-state index contributed by atoms with van der Waals surface area (Å²) in [7, 11) is 0. The highest BCUT2D eigenvalue weighted by molar-refractivity contribution is 9.10. The van der Waals surface area contributed by atoms with Gasteiger partial charge in [0.05, 0.1) is 11.7 Å². The van der Waals surface area contributed by atoms with Crippen molar-refractivity contribution >= 4 is 39.2 Å². The van der Waals surface area contributed by atoms with Gasteiger partial charge in [0, 0.05) is 16.8 Å². The van der Waals surface area contributed by atoms with Gasteiger partial charge < -0.3 is 15.0 Å². The molecule has 3 rings (SSSR count). The monoisotopic (exact) mass is 481 g/mol. The largest absolute Gasteiger partial charge is 0.476 e. The second kappa shape index (κ2) is 9.09. The summed E-state index contributed by atoms with van der Waals surface area (Å²) in [6, 6.07) is 5.69. The standard InChI is InChI=1S/C22H29BrClN3O2/c1-12(2)27-20(19(21(28)29)26-22(27)23)18(15-8-5-13(3)6-9-15)25-17-11-16(24)10-7-14(17)4/h7,10-13,15,18,25H,5-6,8-9H2,1-4H3,(H,28,29). The van der Waals surface area contributed by atoms with E-state index in [4.69, 9.17) is 11.6 Å². The Bertz CT molecular complexity index is 888. The minimum absolute atomic E-state index is 0.0762. The van der Waals surface area contributed by atoms with Gasteiger partial charge in [-0.15, -0.1) is 0 Å². The number of nitrogens with zero attached hydrogens (tertiary/aromatic N) is 2. The first-order chi connectivity index (χ1) is 13.7. The van der Waals surface area contributed by atoms with Gasteiger partial charge in [0.25, 0.3) is 0 Å². The summed E-state index contributed by atoms with van der Waals surface area (Å²) in [5.41, 5.74) is 2.86. The van der Waals surface area contributed by atoms with Crippen LogP contribution < -0.4 is 5.32 Å². The van der Waals surface area contributed by atoms with Crippen LogP contribution in [0.15, 0.2) is 22.9 Å². The summed E-state index contributed by atoms with van der Waals surface area (Å²) in [5.74, 6) is 0.0307. The molecule has 5 nitrogen and oxygen atoms in total. The van der Waals surface area contributed by atoms with Crippen LogP contribution in [-0.2, 0) is 0 Å². The van der Waals surface area contributed by atoms with Gasteiger partial charge in [0.15, 0.2) is 10.4 Å². The highest BCUT2D eigenvalue weighted by Crippen LogP contribution is 2.42. The molecule has 1 aliphatic carbocycles. The Balaban J connectivity index is 2.13. The van der Waals surface area contributed by atoms with Crippen LogP contribution in [0.2, 0.25) is 5.02 Å². The molecule has 1 aromatic carbocycles. The quantitative estimate of drug-likeness (QED) is 0.471. The summed E-state index contributed by atoms with van der Waals surface area (Å²) < 4.78 is 2.55. The van der Waals surface area contributed by atoms with Crippen LogP contribution in [0.25, 0.3) is 0 Å². The number of carboxylic acid groups (broad SMARTS) is 1. The molecule has 0 amide bonds. The zero-order valence-electron chi connectivity index (χ0n) is 17.4. The molecular weight excluding hydrogens is 454 g/mol. The van der Waals surface area contributed by atoms with Crippen molar-refractivity contribution in [1.82, 2.24) is 9.55 Å². The number of aryl methyl sites for hydroxylation is 1. The van der Waals surface area contributed by atoms with Gasteiger partial charge in [-0.25, -0.2) is 9.78 Å². The van der Waals surface area contributed by atoms with Crippen LogP contribution in [0.4, 0.5) is 5.69 Å². The van der Waals surface area contributed by atoms with E-state index >= 15 is 0 Å². The summed E-state index contributed by atoms with van der Waals surface area (Å²) in [6.07, 6.45) is 4.41. The number of hydrogen-bond acceptors (Lipinski definition) is 3. The number of aromatic carboxylic acids is 1. The molecule has 1 aliphatic rings. The molecular formula is C22H29BrClN3O2. The lowest BCUT2D eigenvalue weighted by atomic mass is 9.78.